The molecule has 1 N–H and O–H groups in total. The summed E-state index contributed by atoms with van der Waals surface area (Å²) in [7, 11) is 0. The lowest BCUT2D eigenvalue weighted by atomic mass is 10.3. The number of unbranched alkanes of at least 4 members (excludes halogenated alkanes) is 1. The molecule has 0 spiro atoms. The lowest BCUT2D eigenvalue weighted by molar-refractivity contribution is -0.110. The van der Waals surface area contributed by atoms with E-state index in [1.807, 2.05) is 4.90 Å². The Bertz CT molecular complexity index is 178. The zero-order valence-corrected chi connectivity index (χ0v) is 7.81. The number of hydrogen-bond donors (Lipinski definition) is 1. The first kappa shape index (κ1) is 11.7. The average molecular weight is 185 g/mol. The van der Waals surface area contributed by atoms with Crippen molar-refractivity contribution in [2.75, 3.05) is 19.9 Å². The second-order valence-corrected chi connectivity index (χ2v) is 2.60. The molecular weight excluding hydrogens is 170 g/mol. The Labute approximate surface area is 77.5 Å². The van der Waals surface area contributed by atoms with Crippen LogP contribution in [-0.2, 0) is 4.79 Å². The normalized spacial score (nSPS) is 9.38. The molecule has 0 aromatic carbocycles. The van der Waals surface area contributed by atoms with Crippen molar-refractivity contribution in [3.63, 3.8) is 0 Å². The van der Waals surface area contributed by atoms with E-state index in [9.17, 15) is 4.79 Å². The van der Waals surface area contributed by atoms with Crippen LogP contribution in [0.4, 0.5) is 0 Å². The van der Waals surface area contributed by atoms with Crippen LogP contribution in [0.15, 0.2) is 5.11 Å². The van der Waals surface area contributed by atoms with E-state index in [4.69, 9.17) is 5.53 Å². The number of rotatable bonds is 8. The quantitative estimate of drug-likeness (QED) is 0.202. The maximum Gasteiger partial charge on any atom is 0.208 e. The summed E-state index contributed by atoms with van der Waals surface area (Å²) in [5.41, 5.74) is 8.11. The van der Waals surface area contributed by atoms with Crippen molar-refractivity contribution in [3.8, 4) is 0 Å². The Hall–Kier alpha value is -1.26. The van der Waals surface area contributed by atoms with Gasteiger partial charge in [-0.3, -0.25) is 9.69 Å². The molecule has 0 radical (unpaired) electrons. The Morgan fingerprint density at radius 3 is 3.00 bits per heavy atom. The Morgan fingerprint density at radius 1 is 1.69 bits per heavy atom. The topological polar surface area (TPSA) is 81.1 Å². The molecule has 0 aromatic heterocycles. The molecule has 6 nitrogen and oxygen atoms in total. The largest absolute Gasteiger partial charge is 0.346 e. The lowest BCUT2D eigenvalue weighted by Gasteiger charge is -2.18. The van der Waals surface area contributed by atoms with Gasteiger partial charge >= 0.3 is 0 Å². The number of amides is 1. The summed E-state index contributed by atoms with van der Waals surface area (Å²) in [5.74, 6) is 0. The van der Waals surface area contributed by atoms with E-state index < -0.39 is 0 Å². The van der Waals surface area contributed by atoms with Gasteiger partial charge < -0.3 is 5.32 Å². The molecule has 0 bridgehead atoms. The molecule has 6 heteroatoms. The van der Waals surface area contributed by atoms with Crippen molar-refractivity contribution in [2.45, 2.75) is 19.8 Å². The van der Waals surface area contributed by atoms with Gasteiger partial charge in [0, 0.05) is 4.91 Å². The molecule has 0 rings (SSSR count). The highest BCUT2D eigenvalue weighted by molar-refractivity contribution is 5.45. The third-order valence-electron chi connectivity index (χ3n) is 1.55. The van der Waals surface area contributed by atoms with Crippen LogP contribution in [0.3, 0.4) is 0 Å². The lowest BCUT2D eigenvalue weighted by Crippen LogP contribution is -2.34. The summed E-state index contributed by atoms with van der Waals surface area (Å²) in [5, 5.41) is 5.96. The van der Waals surface area contributed by atoms with Crippen molar-refractivity contribution in [3.05, 3.63) is 10.4 Å². The molecule has 0 heterocycles. The monoisotopic (exact) mass is 185 g/mol. The molecule has 1 amide bonds. The smallest absolute Gasteiger partial charge is 0.208 e. The molecule has 13 heavy (non-hydrogen) atoms. The van der Waals surface area contributed by atoms with Crippen LogP contribution in [0.2, 0.25) is 0 Å². The van der Waals surface area contributed by atoms with Crippen LogP contribution in [0.1, 0.15) is 19.8 Å². The van der Waals surface area contributed by atoms with Crippen LogP contribution in [-0.4, -0.2) is 31.2 Å². The summed E-state index contributed by atoms with van der Waals surface area (Å²) in [6, 6.07) is 0. The highest BCUT2D eigenvalue weighted by Gasteiger charge is 2.00. The highest BCUT2D eigenvalue weighted by atomic mass is 16.1. The fraction of sp³-hybridized carbons (Fsp3) is 0.857. The Morgan fingerprint density at radius 2 is 2.46 bits per heavy atom. The SMILES string of the molecule is CCCCN(CN=[N+]=[N-])CNC=O. The average Bonchev–Trinajstić information content (AvgIpc) is 2.17. The van der Waals surface area contributed by atoms with Crippen LogP contribution < -0.4 is 5.32 Å². The molecule has 0 aliphatic rings. The van der Waals surface area contributed by atoms with Crippen molar-refractivity contribution >= 4 is 6.41 Å². The standard InChI is InChI=1S/C7H15N5O/c1-2-3-4-12(5-9-7-13)6-10-11-8/h7H,2-6H2,1H3,(H,9,13). The first-order valence-corrected chi connectivity index (χ1v) is 4.25. The van der Waals surface area contributed by atoms with E-state index in [1.54, 1.807) is 0 Å². The maximum atomic E-state index is 10.0. The zero-order chi connectivity index (χ0) is 9.94. The molecule has 0 aromatic rings. The van der Waals surface area contributed by atoms with Crippen molar-refractivity contribution in [1.29, 1.82) is 0 Å². The summed E-state index contributed by atoms with van der Waals surface area (Å²) >= 11 is 0. The second kappa shape index (κ2) is 8.83. The summed E-state index contributed by atoms with van der Waals surface area (Å²) < 4.78 is 0. The Kier molecular flexibility index (Phi) is 7.98. The van der Waals surface area contributed by atoms with Gasteiger partial charge in [-0.1, -0.05) is 18.5 Å². The van der Waals surface area contributed by atoms with Gasteiger partial charge in [-0.05, 0) is 18.5 Å². The van der Waals surface area contributed by atoms with Gasteiger partial charge in [-0.2, -0.15) is 0 Å². The van der Waals surface area contributed by atoms with Gasteiger partial charge in [0.15, 0.2) is 0 Å². The third kappa shape index (κ3) is 7.11. The summed E-state index contributed by atoms with van der Waals surface area (Å²) in [4.78, 5) is 14.5. The van der Waals surface area contributed by atoms with Gasteiger partial charge in [-0.25, -0.2) is 0 Å². The summed E-state index contributed by atoms with van der Waals surface area (Å²) in [6.07, 6.45) is 2.74. The number of carbonyl (C=O) groups is 1. The van der Waals surface area contributed by atoms with E-state index in [1.165, 1.54) is 0 Å². The number of nitrogens with one attached hydrogen (secondary N) is 1. The highest BCUT2D eigenvalue weighted by Crippen LogP contribution is 1.93. The minimum Gasteiger partial charge on any atom is -0.346 e. The fourth-order valence-corrected chi connectivity index (χ4v) is 0.866. The minimum absolute atomic E-state index is 0.303. The number of azide groups is 1. The number of hydrogen-bond acceptors (Lipinski definition) is 3. The first-order valence-electron chi connectivity index (χ1n) is 4.25. The van der Waals surface area contributed by atoms with Gasteiger partial charge in [0.25, 0.3) is 0 Å². The fourth-order valence-electron chi connectivity index (χ4n) is 0.866. The minimum atomic E-state index is 0.303. The van der Waals surface area contributed by atoms with Crippen LogP contribution in [0, 0.1) is 0 Å². The van der Waals surface area contributed by atoms with E-state index in [0.29, 0.717) is 19.7 Å². The summed E-state index contributed by atoms with van der Waals surface area (Å²) in [6.45, 7) is 3.65. The number of nitrogens with zero attached hydrogens (tertiary/aromatic N) is 4. The van der Waals surface area contributed by atoms with E-state index in [-0.39, 0.29) is 0 Å². The molecule has 0 fully saturated rings. The second-order valence-electron chi connectivity index (χ2n) is 2.60. The predicted molar refractivity (Wildman–Crippen MR) is 49.7 cm³/mol. The molecule has 0 aliphatic carbocycles. The zero-order valence-electron chi connectivity index (χ0n) is 7.81. The van der Waals surface area contributed by atoms with Gasteiger partial charge in [0.05, 0.1) is 13.3 Å². The van der Waals surface area contributed by atoms with Crippen LogP contribution in [0.5, 0.6) is 0 Å². The van der Waals surface area contributed by atoms with Crippen LogP contribution in [0.25, 0.3) is 10.4 Å². The first-order chi connectivity index (χ1) is 6.35. The van der Waals surface area contributed by atoms with E-state index >= 15 is 0 Å². The number of carbonyl (C=O) groups excluding carboxylic acids is 1. The van der Waals surface area contributed by atoms with E-state index in [0.717, 1.165) is 19.4 Å². The molecule has 0 saturated heterocycles. The van der Waals surface area contributed by atoms with Gasteiger partial charge in [0.1, 0.15) is 0 Å². The molecule has 0 aliphatic heterocycles. The van der Waals surface area contributed by atoms with Crippen molar-refractivity contribution < 1.29 is 4.79 Å². The molecule has 74 valence electrons. The van der Waals surface area contributed by atoms with Crippen molar-refractivity contribution in [2.24, 2.45) is 5.11 Å². The predicted octanol–water partition coefficient (Wildman–Crippen LogP) is 1.06. The Balaban J connectivity index is 3.71. The van der Waals surface area contributed by atoms with Gasteiger partial charge in [0.2, 0.25) is 6.41 Å². The van der Waals surface area contributed by atoms with Crippen molar-refractivity contribution in [1.82, 2.24) is 10.2 Å². The van der Waals surface area contributed by atoms with Gasteiger partial charge in [-0.15, -0.1) is 0 Å². The maximum absolute atomic E-state index is 10.0. The molecule has 0 saturated carbocycles. The van der Waals surface area contributed by atoms with Crippen LogP contribution >= 0.6 is 0 Å². The molecular formula is C7H15N5O. The molecule has 0 atom stereocenters. The molecule has 0 unspecified atom stereocenters. The van der Waals surface area contributed by atoms with E-state index in [2.05, 4.69) is 22.3 Å². The third-order valence-corrected chi connectivity index (χ3v) is 1.55.